The van der Waals surface area contributed by atoms with Gasteiger partial charge < -0.3 is 14.9 Å². The molecule has 1 heterocycles. The minimum Gasteiger partial charge on any atom is -0.396 e. The van der Waals surface area contributed by atoms with E-state index in [0.29, 0.717) is 6.61 Å². The van der Waals surface area contributed by atoms with Crippen molar-refractivity contribution >= 4 is 0 Å². The van der Waals surface area contributed by atoms with Gasteiger partial charge in [0.25, 0.3) is 0 Å². The summed E-state index contributed by atoms with van der Waals surface area (Å²) in [7, 11) is 4.29. The van der Waals surface area contributed by atoms with Crippen molar-refractivity contribution in [2.75, 3.05) is 46.9 Å². The quantitative estimate of drug-likeness (QED) is 0.625. The average molecular weight is 172 g/mol. The molecule has 0 amide bonds. The van der Waals surface area contributed by atoms with E-state index in [4.69, 9.17) is 5.11 Å². The highest BCUT2D eigenvalue weighted by Crippen LogP contribution is 2.13. The molecule has 1 aliphatic heterocycles. The number of hydrogen-bond acceptors (Lipinski definition) is 3. The highest BCUT2D eigenvalue weighted by atomic mass is 16.3. The minimum atomic E-state index is 0.314. The summed E-state index contributed by atoms with van der Waals surface area (Å²) in [6.07, 6.45) is 0.902. The fourth-order valence-electron chi connectivity index (χ4n) is 1.82. The van der Waals surface area contributed by atoms with E-state index in [1.807, 2.05) is 0 Å². The smallest absolute Gasteiger partial charge is 0.0443 e. The molecule has 72 valence electrons. The monoisotopic (exact) mass is 172 g/mol. The van der Waals surface area contributed by atoms with Gasteiger partial charge in [0.1, 0.15) is 0 Å². The van der Waals surface area contributed by atoms with Crippen LogP contribution in [0.3, 0.4) is 0 Å². The Labute approximate surface area is 75.0 Å². The van der Waals surface area contributed by atoms with Crippen LogP contribution in [0.25, 0.3) is 0 Å². The molecule has 0 spiro atoms. The zero-order chi connectivity index (χ0) is 8.97. The van der Waals surface area contributed by atoms with Crippen molar-refractivity contribution < 1.29 is 5.11 Å². The standard InChI is InChI=1S/C9H20N2O/c1-10(4-3-5-12)6-9-7-11(2)8-9/h9,12H,3-8H2,1-2H3. The number of aliphatic hydroxyl groups excluding tert-OH is 1. The molecule has 0 saturated carbocycles. The molecular weight excluding hydrogens is 152 g/mol. The second kappa shape index (κ2) is 4.80. The van der Waals surface area contributed by atoms with E-state index in [-0.39, 0.29) is 0 Å². The van der Waals surface area contributed by atoms with Crippen LogP contribution in [0.5, 0.6) is 0 Å². The summed E-state index contributed by atoms with van der Waals surface area (Å²) in [6, 6.07) is 0. The van der Waals surface area contributed by atoms with Crippen molar-refractivity contribution in [1.82, 2.24) is 9.80 Å². The summed E-state index contributed by atoms with van der Waals surface area (Å²) in [5.41, 5.74) is 0. The molecule has 0 aromatic heterocycles. The number of aliphatic hydroxyl groups is 1. The van der Waals surface area contributed by atoms with Gasteiger partial charge in [0.05, 0.1) is 0 Å². The third-order valence-corrected chi connectivity index (χ3v) is 2.41. The fourth-order valence-corrected chi connectivity index (χ4v) is 1.82. The Hall–Kier alpha value is -0.120. The molecule has 1 saturated heterocycles. The summed E-state index contributed by atoms with van der Waals surface area (Å²) >= 11 is 0. The van der Waals surface area contributed by atoms with Gasteiger partial charge in [-0.25, -0.2) is 0 Å². The number of rotatable bonds is 5. The maximum Gasteiger partial charge on any atom is 0.0443 e. The van der Waals surface area contributed by atoms with Crippen LogP contribution in [-0.4, -0.2) is 61.8 Å². The molecule has 0 unspecified atom stereocenters. The predicted molar refractivity (Wildman–Crippen MR) is 50.2 cm³/mol. The lowest BCUT2D eigenvalue weighted by atomic mass is 10.0. The highest BCUT2D eigenvalue weighted by molar-refractivity contribution is 4.78. The predicted octanol–water partition coefficient (Wildman–Crippen LogP) is -0.138. The zero-order valence-corrected chi connectivity index (χ0v) is 8.16. The van der Waals surface area contributed by atoms with Crippen LogP contribution < -0.4 is 0 Å². The largest absolute Gasteiger partial charge is 0.396 e. The van der Waals surface area contributed by atoms with E-state index < -0.39 is 0 Å². The lowest BCUT2D eigenvalue weighted by Gasteiger charge is -2.38. The van der Waals surface area contributed by atoms with E-state index in [0.717, 1.165) is 18.9 Å². The van der Waals surface area contributed by atoms with Crippen molar-refractivity contribution in [3.8, 4) is 0 Å². The SMILES string of the molecule is CN(CCCO)CC1CN(C)C1. The third-order valence-electron chi connectivity index (χ3n) is 2.41. The van der Waals surface area contributed by atoms with Crippen LogP contribution in [0, 0.1) is 5.92 Å². The van der Waals surface area contributed by atoms with E-state index in [9.17, 15) is 0 Å². The van der Waals surface area contributed by atoms with Crippen LogP contribution in [0.1, 0.15) is 6.42 Å². The van der Waals surface area contributed by atoms with Gasteiger partial charge in [0.2, 0.25) is 0 Å². The Balaban J connectivity index is 1.98. The first-order chi connectivity index (χ1) is 5.72. The molecule has 12 heavy (non-hydrogen) atoms. The van der Waals surface area contributed by atoms with Crippen molar-refractivity contribution in [2.45, 2.75) is 6.42 Å². The molecule has 1 rings (SSSR count). The summed E-state index contributed by atoms with van der Waals surface area (Å²) in [5.74, 6) is 0.860. The summed E-state index contributed by atoms with van der Waals surface area (Å²) < 4.78 is 0. The molecule has 1 aliphatic rings. The number of hydrogen-bond donors (Lipinski definition) is 1. The second-order valence-corrected chi connectivity index (χ2v) is 3.93. The van der Waals surface area contributed by atoms with E-state index in [2.05, 4.69) is 23.9 Å². The Kier molecular flexibility index (Phi) is 3.98. The van der Waals surface area contributed by atoms with Gasteiger partial charge in [0.15, 0.2) is 0 Å². The highest BCUT2D eigenvalue weighted by Gasteiger charge is 2.23. The molecule has 1 N–H and O–H groups in total. The zero-order valence-electron chi connectivity index (χ0n) is 8.16. The Morgan fingerprint density at radius 1 is 1.50 bits per heavy atom. The van der Waals surface area contributed by atoms with Gasteiger partial charge in [-0.3, -0.25) is 0 Å². The van der Waals surface area contributed by atoms with Crippen LogP contribution in [0.4, 0.5) is 0 Å². The normalized spacial score (nSPS) is 20.0. The Morgan fingerprint density at radius 2 is 2.17 bits per heavy atom. The van der Waals surface area contributed by atoms with Gasteiger partial charge in [-0.1, -0.05) is 0 Å². The van der Waals surface area contributed by atoms with Crippen molar-refractivity contribution in [2.24, 2.45) is 5.92 Å². The van der Waals surface area contributed by atoms with Crippen LogP contribution in [-0.2, 0) is 0 Å². The molecule has 0 aliphatic carbocycles. The van der Waals surface area contributed by atoms with Gasteiger partial charge >= 0.3 is 0 Å². The summed E-state index contributed by atoms with van der Waals surface area (Å²) in [6.45, 7) is 5.00. The third kappa shape index (κ3) is 3.09. The summed E-state index contributed by atoms with van der Waals surface area (Å²) in [4.78, 5) is 4.65. The first kappa shape index (κ1) is 9.96. The Morgan fingerprint density at radius 3 is 2.67 bits per heavy atom. The molecule has 0 atom stereocenters. The molecule has 3 heteroatoms. The first-order valence-corrected chi connectivity index (χ1v) is 4.70. The lowest BCUT2D eigenvalue weighted by Crippen LogP contribution is -2.48. The fraction of sp³-hybridized carbons (Fsp3) is 1.00. The average Bonchev–Trinajstić information content (AvgIpc) is 1.98. The van der Waals surface area contributed by atoms with Crippen molar-refractivity contribution in [1.29, 1.82) is 0 Å². The topological polar surface area (TPSA) is 26.7 Å². The molecule has 0 aromatic carbocycles. The summed E-state index contributed by atoms with van der Waals surface area (Å²) in [5, 5.41) is 8.63. The van der Waals surface area contributed by atoms with E-state index >= 15 is 0 Å². The van der Waals surface area contributed by atoms with Crippen molar-refractivity contribution in [3.05, 3.63) is 0 Å². The molecule has 0 radical (unpaired) electrons. The second-order valence-electron chi connectivity index (χ2n) is 3.93. The van der Waals surface area contributed by atoms with Crippen LogP contribution >= 0.6 is 0 Å². The van der Waals surface area contributed by atoms with Gasteiger partial charge in [-0.15, -0.1) is 0 Å². The first-order valence-electron chi connectivity index (χ1n) is 4.70. The van der Waals surface area contributed by atoms with E-state index in [1.54, 1.807) is 0 Å². The lowest BCUT2D eigenvalue weighted by molar-refractivity contribution is 0.0976. The van der Waals surface area contributed by atoms with Gasteiger partial charge in [0, 0.05) is 32.8 Å². The van der Waals surface area contributed by atoms with Gasteiger partial charge in [-0.2, -0.15) is 0 Å². The maximum atomic E-state index is 8.63. The molecule has 3 nitrogen and oxygen atoms in total. The van der Waals surface area contributed by atoms with Gasteiger partial charge in [-0.05, 0) is 26.4 Å². The van der Waals surface area contributed by atoms with Crippen LogP contribution in [0.2, 0.25) is 0 Å². The molecule has 0 aromatic rings. The molecule has 1 fully saturated rings. The minimum absolute atomic E-state index is 0.314. The van der Waals surface area contributed by atoms with Crippen LogP contribution in [0.15, 0.2) is 0 Å². The maximum absolute atomic E-state index is 8.63. The molecule has 0 bridgehead atoms. The number of likely N-dealkylation sites (tertiary alicyclic amines) is 1. The van der Waals surface area contributed by atoms with Crippen molar-refractivity contribution in [3.63, 3.8) is 0 Å². The molecular formula is C9H20N2O. The van der Waals surface area contributed by atoms with E-state index in [1.165, 1.54) is 19.6 Å². The number of nitrogens with zero attached hydrogens (tertiary/aromatic N) is 2. The Bertz CT molecular complexity index is 124.